The maximum absolute atomic E-state index is 5.43. The molecule has 74 valence electrons. The van der Waals surface area contributed by atoms with Crippen molar-refractivity contribution in [2.24, 2.45) is 5.41 Å². The van der Waals surface area contributed by atoms with E-state index < -0.39 is 0 Å². The molecule has 0 saturated heterocycles. The van der Waals surface area contributed by atoms with Crippen molar-refractivity contribution in [1.82, 2.24) is 0 Å². The van der Waals surface area contributed by atoms with Crippen LogP contribution in [-0.4, -0.2) is 26.9 Å². The van der Waals surface area contributed by atoms with Crippen molar-refractivity contribution >= 4 is 0 Å². The van der Waals surface area contributed by atoms with E-state index in [0.717, 1.165) is 32.7 Å². The molecule has 12 heavy (non-hydrogen) atoms. The summed E-state index contributed by atoms with van der Waals surface area (Å²) in [6.45, 7) is 9.18. The van der Waals surface area contributed by atoms with Gasteiger partial charge >= 0.3 is 0 Å². The molecule has 0 aliphatic rings. The number of hydrogen-bond acceptors (Lipinski definition) is 2. The third-order valence-corrected chi connectivity index (χ3v) is 1.63. The number of ether oxygens (including phenoxy) is 2. The Balaban J connectivity index is 3.01. The third-order valence-electron chi connectivity index (χ3n) is 1.63. The van der Waals surface area contributed by atoms with Gasteiger partial charge < -0.3 is 9.47 Å². The van der Waals surface area contributed by atoms with Crippen LogP contribution in [0.5, 0.6) is 0 Å². The highest BCUT2D eigenvalue weighted by Crippen LogP contribution is 2.17. The van der Waals surface area contributed by atoms with E-state index in [9.17, 15) is 0 Å². The van der Waals surface area contributed by atoms with Gasteiger partial charge in [0.1, 0.15) is 0 Å². The van der Waals surface area contributed by atoms with E-state index >= 15 is 0 Å². The zero-order chi connectivity index (χ0) is 9.45. The lowest BCUT2D eigenvalue weighted by atomic mass is 9.93. The Kier molecular flexibility index (Phi) is 6.39. The van der Waals surface area contributed by atoms with E-state index in [1.807, 2.05) is 0 Å². The fraction of sp³-hybridized carbons (Fsp3) is 1.00. The van der Waals surface area contributed by atoms with Crippen LogP contribution in [0.4, 0.5) is 0 Å². The summed E-state index contributed by atoms with van der Waals surface area (Å²) in [5.74, 6) is 0. The molecule has 0 fully saturated rings. The molecule has 0 aromatic rings. The Bertz CT molecular complexity index is 94.5. The van der Waals surface area contributed by atoms with Gasteiger partial charge in [-0.25, -0.2) is 0 Å². The van der Waals surface area contributed by atoms with E-state index in [2.05, 4.69) is 20.8 Å². The molecule has 0 amide bonds. The second-order valence-electron chi connectivity index (χ2n) is 4.27. The van der Waals surface area contributed by atoms with Crippen LogP contribution in [0.15, 0.2) is 0 Å². The van der Waals surface area contributed by atoms with E-state index in [4.69, 9.17) is 9.47 Å². The summed E-state index contributed by atoms with van der Waals surface area (Å²) >= 11 is 0. The summed E-state index contributed by atoms with van der Waals surface area (Å²) in [6, 6.07) is 0. The van der Waals surface area contributed by atoms with Gasteiger partial charge in [0.25, 0.3) is 0 Å². The molecule has 2 heteroatoms. The molecular weight excluding hydrogens is 152 g/mol. The second kappa shape index (κ2) is 6.44. The van der Waals surface area contributed by atoms with Crippen LogP contribution in [0.1, 0.15) is 33.6 Å². The molecule has 0 bridgehead atoms. The predicted molar refractivity (Wildman–Crippen MR) is 51.4 cm³/mol. The Morgan fingerprint density at radius 1 is 1.00 bits per heavy atom. The maximum Gasteiger partial charge on any atom is 0.0487 e. The van der Waals surface area contributed by atoms with Gasteiger partial charge in [0.2, 0.25) is 0 Å². The van der Waals surface area contributed by atoms with Crippen LogP contribution < -0.4 is 0 Å². The zero-order valence-electron chi connectivity index (χ0n) is 8.85. The monoisotopic (exact) mass is 174 g/mol. The fourth-order valence-corrected chi connectivity index (χ4v) is 0.786. The van der Waals surface area contributed by atoms with E-state index in [0.29, 0.717) is 5.41 Å². The van der Waals surface area contributed by atoms with Gasteiger partial charge in [-0.2, -0.15) is 0 Å². The van der Waals surface area contributed by atoms with Crippen LogP contribution in [0.2, 0.25) is 0 Å². The van der Waals surface area contributed by atoms with Crippen molar-refractivity contribution in [3.05, 3.63) is 0 Å². The average Bonchev–Trinajstić information content (AvgIpc) is 1.94. The third kappa shape index (κ3) is 9.92. The molecule has 0 spiro atoms. The fourth-order valence-electron chi connectivity index (χ4n) is 0.786. The highest BCUT2D eigenvalue weighted by molar-refractivity contribution is 4.59. The van der Waals surface area contributed by atoms with Crippen LogP contribution >= 0.6 is 0 Å². The molecule has 0 heterocycles. The second-order valence-corrected chi connectivity index (χ2v) is 4.27. The van der Waals surface area contributed by atoms with Crippen molar-refractivity contribution in [2.75, 3.05) is 26.9 Å². The van der Waals surface area contributed by atoms with Gasteiger partial charge in [-0.15, -0.1) is 0 Å². The summed E-state index contributed by atoms with van der Waals surface area (Å²) in [6.07, 6.45) is 2.13. The minimum Gasteiger partial charge on any atom is -0.385 e. The van der Waals surface area contributed by atoms with Crippen molar-refractivity contribution < 1.29 is 9.47 Å². The molecule has 0 saturated carbocycles. The van der Waals surface area contributed by atoms with Crippen molar-refractivity contribution in [1.29, 1.82) is 0 Å². The predicted octanol–water partition coefficient (Wildman–Crippen LogP) is 2.48. The van der Waals surface area contributed by atoms with Gasteiger partial charge in [0.15, 0.2) is 0 Å². The highest BCUT2D eigenvalue weighted by Gasteiger charge is 2.08. The molecule has 0 rings (SSSR count). The SMILES string of the molecule is COCCCOCCC(C)(C)C. The van der Waals surface area contributed by atoms with Gasteiger partial charge in [-0.1, -0.05) is 20.8 Å². The Morgan fingerprint density at radius 2 is 1.67 bits per heavy atom. The molecule has 2 nitrogen and oxygen atoms in total. The lowest BCUT2D eigenvalue weighted by molar-refractivity contribution is 0.0861. The molecule has 0 atom stereocenters. The molecule has 0 aliphatic carbocycles. The molecule has 0 aliphatic heterocycles. The lowest BCUT2D eigenvalue weighted by Crippen LogP contribution is -2.10. The van der Waals surface area contributed by atoms with Crippen molar-refractivity contribution in [3.63, 3.8) is 0 Å². The van der Waals surface area contributed by atoms with Crippen LogP contribution in [-0.2, 0) is 9.47 Å². The first-order valence-electron chi connectivity index (χ1n) is 4.63. The summed E-state index contributed by atoms with van der Waals surface area (Å²) in [4.78, 5) is 0. The molecule has 0 unspecified atom stereocenters. The topological polar surface area (TPSA) is 18.5 Å². The van der Waals surface area contributed by atoms with Crippen LogP contribution in [0, 0.1) is 5.41 Å². The minimum absolute atomic E-state index is 0.390. The Labute approximate surface area is 76.3 Å². The average molecular weight is 174 g/mol. The summed E-state index contributed by atoms with van der Waals surface area (Å²) in [5, 5.41) is 0. The molecule has 0 N–H and O–H groups in total. The molecular formula is C10H22O2. The Morgan fingerprint density at radius 3 is 2.17 bits per heavy atom. The van der Waals surface area contributed by atoms with E-state index in [-0.39, 0.29) is 0 Å². The molecule has 0 aromatic heterocycles. The summed E-state index contributed by atoms with van der Waals surface area (Å²) in [7, 11) is 1.72. The lowest BCUT2D eigenvalue weighted by Gasteiger charge is -2.17. The number of rotatable bonds is 6. The Hall–Kier alpha value is -0.0800. The molecule has 0 radical (unpaired) electrons. The number of hydrogen-bond donors (Lipinski definition) is 0. The maximum atomic E-state index is 5.43. The normalized spacial score (nSPS) is 12.0. The van der Waals surface area contributed by atoms with Crippen molar-refractivity contribution in [2.45, 2.75) is 33.6 Å². The first-order chi connectivity index (χ1) is 5.56. The van der Waals surface area contributed by atoms with Gasteiger partial charge in [-0.3, -0.25) is 0 Å². The first-order valence-corrected chi connectivity index (χ1v) is 4.63. The number of methoxy groups -OCH3 is 1. The van der Waals surface area contributed by atoms with Crippen LogP contribution in [0.25, 0.3) is 0 Å². The first kappa shape index (κ1) is 11.9. The van der Waals surface area contributed by atoms with E-state index in [1.54, 1.807) is 7.11 Å². The smallest absolute Gasteiger partial charge is 0.0487 e. The largest absolute Gasteiger partial charge is 0.385 e. The van der Waals surface area contributed by atoms with Gasteiger partial charge in [0.05, 0.1) is 0 Å². The van der Waals surface area contributed by atoms with Gasteiger partial charge in [-0.05, 0) is 18.3 Å². The minimum atomic E-state index is 0.390. The van der Waals surface area contributed by atoms with Gasteiger partial charge in [0, 0.05) is 26.9 Å². The zero-order valence-corrected chi connectivity index (χ0v) is 8.85. The summed E-state index contributed by atoms with van der Waals surface area (Å²) < 4.78 is 10.3. The summed E-state index contributed by atoms with van der Waals surface area (Å²) in [5.41, 5.74) is 0.390. The van der Waals surface area contributed by atoms with E-state index in [1.165, 1.54) is 0 Å². The molecule has 0 aromatic carbocycles. The standard InChI is InChI=1S/C10H22O2/c1-10(2,3)6-9-12-8-5-7-11-4/h5-9H2,1-4H3. The van der Waals surface area contributed by atoms with Crippen molar-refractivity contribution in [3.8, 4) is 0 Å². The highest BCUT2D eigenvalue weighted by atomic mass is 16.5. The van der Waals surface area contributed by atoms with Crippen LogP contribution in [0.3, 0.4) is 0 Å². The quantitative estimate of drug-likeness (QED) is 0.576.